The van der Waals surface area contributed by atoms with Gasteiger partial charge in [-0.15, -0.1) is 0 Å². The molecule has 3 heteroatoms. The normalized spacial score (nSPS) is 14.5. The van der Waals surface area contributed by atoms with Crippen molar-refractivity contribution < 1.29 is 4.79 Å². The van der Waals surface area contributed by atoms with E-state index >= 15 is 0 Å². The smallest absolute Gasteiger partial charge is 0.251 e. The van der Waals surface area contributed by atoms with Crippen LogP contribution in [0.2, 0.25) is 0 Å². The van der Waals surface area contributed by atoms with Crippen LogP contribution in [0.5, 0.6) is 0 Å². The number of carbonyl (C=O) groups is 1. The Bertz CT molecular complexity index is 851. The number of benzene rings is 2. The lowest BCUT2D eigenvalue weighted by Crippen LogP contribution is -2.24. The molecule has 148 valence electrons. The number of hydrogen-bond donors (Lipinski definition) is 1. The molecule has 3 nitrogen and oxygen atoms in total. The molecule has 0 saturated carbocycles. The van der Waals surface area contributed by atoms with E-state index in [1.54, 1.807) is 0 Å². The summed E-state index contributed by atoms with van der Waals surface area (Å²) in [7, 11) is 4.21. The minimum absolute atomic E-state index is 0.0291. The maximum Gasteiger partial charge on any atom is 0.251 e. The van der Waals surface area contributed by atoms with E-state index in [1.165, 1.54) is 27.8 Å². The van der Waals surface area contributed by atoms with Gasteiger partial charge in [0.2, 0.25) is 0 Å². The van der Waals surface area contributed by atoms with Crippen molar-refractivity contribution in [1.82, 2.24) is 10.2 Å². The van der Waals surface area contributed by atoms with Gasteiger partial charge in [-0.1, -0.05) is 49.8 Å². The summed E-state index contributed by atoms with van der Waals surface area (Å²) in [5.74, 6) is 0.0291. The van der Waals surface area contributed by atoms with Crippen LogP contribution in [0.3, 0.4) is 0 Å². The number of rotatable bonds is 7. The number of nitrogens with one attached hydrogen (secondary N) is 1. The topological polar surface area (TPSA) is 32.3 Å². The van der Waals surface area contributed by atoms with E-state index in [0.29, 0.717) is 0 Å². The number of fused-ring (bicyclic) bond motifs is 2. The van der Waals surface area contributed by atoms with Crippen LogP contribution in [0.4, 0.5) is 0 Å². The van der Waals surface area contributed by atoms with Gasteiger partial charge >= 0.3 is 0 Å². The molecule has 0 aromatic heterocycles. The third-order valence-corrected chi connectivity index (χ3v) is 5.37. The molecule has 0 aliphatic heterocycles. The molecule has 0 unspecified atom stereocenters. The fourth-order valence-electron chi connectivity index (χ4n) is 3.77. The van der Waals surface area contributed by atoms with Gasteiger partial charge in [0.15, 0.2) is 0 Å². The largest absolute Gasteiger partial charge is 0.352 e. The Balaban J connectivity index is 1.98. The first-order valence-electron chi connectivity index (χ1n) is 10.4. The molecule has 0 bridgehead atoms. The predicted octanol–water partition coefficient (Wildman–Crippen LogP) is 4.70. The average molecular weight is 377 g/mol. The van der Waals surface area contributed by atoms with Crippen molar-refractivity contribution in [2.75, 3.05) is 27.2 Å². The number of nitrogens with zero attached hydrogens (tertiary/aromatic N) is 1. The number of carbonyl (C=O) groups excluding carboxylic acids is 1. The highest BCUT2D eigenvalue weighted by Crippen LogP contribution is 2.34. The van der Waals surface area contributed by atoms with Gasteiger partial charge in [0.1, 0.15) is 0 Å². The summed E-state index contributed by atoms with van der Waals surface area (Å²) in [5, 5.41) is 3.05. The van der Waals surface area contributed by atoms with Crippen molar-refractivity contribution >= 4 is 11.5 Å². The summed E-state index contributed by atoms with van der Waals surface area (Å²) in [6.07, 6.45) is 7.48. The monoisotopic (exact) mass is 376 g/mol. The Morgan fingerprint density at radius 2 is 1.82 bits per heavy atom. The Kier molecular flexibility index (Phi) is 7.05. The number of unbranched alkanes of at least 4 members (excludes halogenated alkanes) is 1. The second kappa shape index (κ2) is 9.70. The van der Waals surface area contributed by atoms with Gasteiger partial charge in [-0.2, -0.15) is 0 Å². The maximum absolute atomic E-state index is 12.6. The Morgan fingerprint density at radius 3 is 2.57 bits per heavy atom. The number of aryl methyl sites for hydroxylation is 2. The van der Waals surface area contributed by atoms with Crippen molar-refractivity contribution in [2.45, 2.75) is 39.0 Å². The average Bonchev–Trinajstić information content (AvgIpc) is 2.85. The summed E-state index contributed by atoms with van der Waals surface area (Å²) in [6.45, 7) is 3.88. The molecule has 2 aromatic rings. The van der Waals surface area contributed by atoms with Gasteiger partial charge in [0.05, 0.1) is 0 Å². The van der Waals surface area contributed by atoms with Crippen molar-refractivity contribution in [1.29, 1.82) is 0 Å². The lowest BCUT2D eigenvalue weighted by Gasteiger charge is -2.15. The van der Waals surface area contributed by atoms with Gasteiger partial charge in [-0.3, -0.25) is 4.79 Å². The van der Waals surface area contributed by atoms with E-state index in [-0.39, 0.29) is 5.91 Å². The number of hydrogen-bond acceptors (Lipinski definition) is 2. The molecule has 0 saturated heterocycles. The molecular weight excluding hydrogens is 344 g/mol. The molecule has 0 radical (unpaired) electrons. The SMILES string of the molecule is CCCCNC(=O)c1ccc2c(c1)/C(=C\CCN(C)C)c1ccccc1CC2. The minimum atomic E-state index is 0.0291. The Labute approximate surface area is 169 Å². The van der Waals surface area contributed by atoms with Gasteiger partial charge in [0.25, 0.3) is 5.91 Å². The Hall–Kier alpha value is -2.39. The molecule has 1 N–H and O–H groups in total. The lowest BCUT2D eigenvalue weighted by molar-refractivity contribution is 0.0953. The summed E-state index contributed by atoms with van der Waals surface area (Å²) in [4.78, 5) is 14.8. The summed E-state index contributed by atoms with van der Waals surface area (Å²) in [5.41, 5.74) is 7.28. The van der Waals surface area contributed by atoms with E-state index in [0.717, 1.165) is 50.8 Å². The van der Waals surface area contributed by atoms with Crippen LogP contribution in [0.15, 0.2) is 48.5 Å². The molecular formula is C25H32N2O. The van der Waals surface area contributed by atoms with Crippen LogP contribution >= 0.6 is 0 Å². The van der Waals surface area contributed by atoms with Crippen LogP contribution < -0.4 is 5.32 Å². The summed E-state index contributed by atoms with van der Waals surface area (Å²) < 4.78 is 0. The molecule has 28 heavy (non-hydrogen) atoms. The first kappa shape index (κ1) is 20.3. The van der Waals surface area contributed by atoms with E-state index < -0.39 is 0 Å². The molecule has 0 spiro atoms. The van der Waals surface area contributed by atoms with Crippen molar-refractivity contribution in [3.8, 4) is 0 Å². The summed E-state index contributed by atoms with van der Waals surface area (Å²) >= 11 is 0. The van der Waals surface area contributed by atoms with Crippen molar-refractivity contribution in [3.05, 3.63) is 76.4 Å². The van der Waals surface area contributed by atoms with Crippen LogP contribution in [0, 0.1) is 0 Å². The molecule has 1 amide bonds. The van der Waals surface area contributed by atoms with Crippen LogP contribution in [0.1, 0.15) is 58.8 Å². The van der Waals surface area contributed by atoms with Crippen LogP contribution in [0.25, 0.3) is 5.57 Å². The molecule has 1 aliphatic rings. The first-order chi connectivity index (χ1) is 13.6. The number of amides is 1. The molecule has 0 atom stereocenters. The van der Waals surface area contributed by atoms with Crippen molar-refractivity contribution in [2.24, 2.45) is 0 Å². The lowest BCUT2D eigenvalue weighted by atomic mass is 9.91. The standard InChI is InChI=1S/C25H32N2O/c1-4-5-16-26-25(28)21-15-14-20-13-12-19-9-6-7-10-22(19)23(24(20)18-21)11-8-17-27(2)3/h6-7,9-11,14-15,18H,4-5,8,12-13,16-17H2,1-3H3,(H,26,28)/b23-11-. The van der Waals surface area contributed by atoms with Gasteiger partial charge in [-0.05, 0) is 79.7 Å². The highest BCUT2D eigenvalue weighted by Gasteiger charge is 2.19. The maximum atomic E-state index is 12.6. The van der Waals surface area contributed by atoms with E-state index in [4.69, 9.17) is 0 Å². The van der Waals surface area contributed by atoms with E-state index in [9.17, 15) is 4.79 Å². The first-order valence-corrected chi connectivity index (χ1v) is 10.4. The fourth-order valence-corrected chi connectivity index (χ4v) is 3.77. The third-order valence-electron chi connectivity index (χ3n) is 5.37. The molecule has 3 rings (SSSR count). The van der Waals surface area contributed by atoms with E-state index in [1.807, 2.05) is 6.07 Å². The van der Waals surface area contributed by atoms with Gasteiger partial charge < -0.3 is 10.2 Å². The second-order valence-corrected chi connectivity index (χ2v) is 7.85. The van der Waals surface area contributed by atoms with Gasteiger partial charge in [-0.25, -0.2) is 0 Å². The highest BCUT2D eigenvalue weighted by atomic mass is 16.1. The quantitative estimate of drug-likeness (QED) is 0.711. The molecule has 2 aromatic carbocycles. The second-order valence-electron chi connectivity index (χ2n) is 7.85. The van der Waals surface area contributed by atoms with Crippen LogP contribution in [-0.4, -0.2) is 38.0 Å². The van der Waals surface area contributed by atoms with Gasteiger partial charge in [0, 0.05) is 18.7 Å². The zero-order chi connectivity index (χ0) is 19.9. The molecule has 0 heterocycles. The minimum Gasteiger partial charge on any atom is -0.352 e. The summed E-state index contributed by atoms with van der Waals surface area (Å²) in [6, 6.07) is 14.9. The molecule has 0 fully saturated rings. The molecule has 1 aliphatic carbocycles. The fraction of sp³-hybridized carbons (Fsp3) is 0.400. The van der Waals surface area contributed by atoms with Crippen LogP contribution in [-0.2, 0) is 12.8 Å². The predicted molar refractivity (Wildman–Crippen MR) is 118 cm³/mol. The highest BCUT2D eigenvalue weighted by molar-refractivity contribution is 5.96. The Morgan fingerprint density at radius 1 is 1.07 bits per heavy atom. The third kappa shape index (κ3) is 4.90. The van der Waals surface area contributed by atoms with Crippen molar-refractivity contribution in [3.63, 3.8) is 0 Å². The van der Waals surface area contributed by atoms with E-state index in [2.05, 4.69) is 73.7 Å². The zero-order valence-electron chi connectivity index (χ0n) is 17.4. The zero-order valence-corrected chi connectivity index (χ0v) is 17.4.